The summed E-state index contributed by atoms with van der Waals surface area (Å²) in [5.41, 5.74) is 0.413. The predicted octanol–water partition coefficient (Wildman–Crippen LogP) is 3.13. The first-order valence-electron chi connectivity index (χ1n) is 5.81. The van der Waals surface area contributed by atoms with Gasteiger partial charge in [-0.3, -0.25) is 9.59 Å². The van der Waals surface area contributed by atoms with E-state index in [1.165, 1.54) is 4.90 Å². The number of hydrogen-bond acceptors (Lipinski definition) is 3. The number of amides is 1. The van der Waals surface area contributed by atoms with Crippen molar-refractivity contribution in [3.05, 3.63) is 33.3 Å². The minimum atomic E-state index is -0.316. The summed E-state index contributed by atoms with van der Waals surface area (Å²) in [5, 5.41) is 0.377. The molecular formula is C13H15BrClNO3. The molecule has 1 amide bonds. The van der Waals surface area contributed by atoms with Gasteiger partial charge in [0, 0.05) is 18.1 Å². The highest BCUT2D eigenvalue weighted by atomic mass is 79.9. The molecule has 19 heavy (non-hydrogen) atoms. The lowest BCUT2D eigenvalue weighted by Gasteiger charge is -2.17. The molecule has 1 aromatic rings. The van der Waals surface area contributed by atoms with Crippen molar-refractivity contribution >= 4 is 39.4 Å². The SMILES string of the molecule is CCOC(=O)CCN(C)C(=O)c1ccc(Br)cc1Cl. The zero-order chi connectivity index (χ0) is 14.4. The standard InChI is InChI=1S/C13H15BrClNO3/c1-3-19-12(17)6-7-16(2)13(18)10-5-4-9(14)8-11(10)15/h4-5,8H,3,6-7H2,1-2H3. The molecule has 0 N–H and O–H groups in total. The van der Waals surface area contributed by atoms with Crippen LogP contribution in [0, 0.1) is 0 Å². The average molecular weight is 349 g/mol. The van der Waals surface area contributed by atoms with E-state index in [0.717, 1.165) is 4.47 Å². The van der Waals surface area contributed by atoms with Gasteiger partial charge in [-0.15, -0.1) is 0 Å². The fourth-order valence-corrected chi connectivity index (χ4v) is 2.22. The van der Waals surface area contributed by atoms with Crippen LogP contribution in [-0.4, -0.2) is 37.0 Å². The van der Waals surface area contributed by atoms with E-state index >= 15 is 0 Å². The first kappa shape index (κ1) is 16.0. The molecule has 4 nitrogen and oxygen atoms in total. The molecule has 0 atom stereocenters. The van der Waals surface area contributed by atoms with Gasteiger partial charge in [0.05, 0.1) is 23.6 Å². The molecule has 0 saturated carbocycles. The molecule has 0 unspecified atom stereocenters. The van der Waals surface area contributed by atoms with Gasteiger partial charge in [0.1, 0.15) is 0 Å². The summed E-state index contributed by atoms with van der Waals surface area (Å²) >= 11 is 9.29. The van der Waals surface area contributed by atoms with E-state index in [0.29, 0.717) is 23.7 Å². The van der Waals surface area contributed by atoms with Gasteiger partial charge in [-0.25, -0.2) is 0 Å². The summed E-state index contributed by atoms with van der Waals surface area (Å²) in [6.45, 7) is 2.38. The molecule has 0 spiro atoms. The predicted molar refractivity (Wildman–Crippen MR) is 77.4 cm³/mol. The van der Waals surface area contributed by atoms with Crippen LogP contribution < -0.4 is 0 Å². The fourth-order valence-electron chi connectivity index (χ4n) is 1.46. The van der Waals surface area contributed by atoms with Gasteiger partial charge < -0.3 is 9.64 Å². The molecule has 0 fully saturated rings. The minimum absolute atomic E-state index is 0.171. The van der Waals surface area contributed by atoms with Crippen LogP contribution in [0.1, 0.15) is 23.7 Å². The number of halogens is 2. The monoisotopic (exact) mass is 347 g/mol. The Balaban J connectivity index is 2.64. The molecule has 1 aromatic carbocycles. The Morgan fingerprint density at radius 2 is 2.11 bits per heavy atom. The van der Waals surface area contributed by atoms with Crippen LogP contribution in [0.3, 0.4) is 0 Å². The zero-order valence-electron chi connectivity index (χ0n) is 10.8. The van der Waals surface area contributed by atoms with E-state index in [9.17, 15) is 9.59 Å². The fraction of sp³-hybridized carbons (Fsp3) is 0.385. The second kappa shape index (κ2) is 7.50. The molecular weight excluding hydrogens is 334 g/mol. The van der Waals surface area contributed by atoms with Crippen molar-refractivity contribution < 1.29 is 14.3 Å². The maximum atomic E-state index is 12.1. The lowest BCUT2D eigenvalue weighted by molar-refractivity contribution is -0.143. The van der Waals surface area contributed by atoms with Crippen LogP contribution in [0.25, 0.3) is 0 Å². The summed E-state index contributed by atoms with van der Waals surface area (Å²) in [5.74, 6) is -0.536. The van der Waals surface area contributed by atoms with Crippen LogP contribution in [-0.2, 0) is 9.53 Å². The summed E-state index contributed by atoms with van der Waals surface area (Å²) in [4.78, 5) is 24.8. The molecule has 0 radical (unpaired) electrons. The van der Waals surface area contributed by atoms with Crippen LogP contribution >= 0.6 is 27.5 Å². The van der Waals surface area contributed by atoms with Crippen LogP contribution in [0.5, 0.6) is 0 Å². The Kier molecular flexibility index (Phi) is 6.31. The molecule has 0 heterocycles. The summed E-state index contributed by atoms with van der Waals surface area (Å²) < 4.78 is 5.62. The highest BCUT2D eigenvalue weighted by Crippen LogP contribution is 2.22. The highest BCUT2D eigenvalue weighted by molar-refractivity contribution is 9.10. The van der Waals surface area contributed by atoms with E-state index in [1.807, 2.05) is 0 Å². The number of hydrogen-bond donors (Lipinski definition) is 0. The van der Waals surface area contributed by atoms with E-state index < -0.39 is 0 Å². The van der Waals surface area contributed by atoms with Gasteiger partial charge in [-0.05, 0) is 25.1 Å². The Hall–Kier alpha value is -1.07. The number of ether oxygens (including phenoxy) is 1. The Morgan fingerprint density at radius 1 is 1.42 bits per heavy atom. The quantitative estimate of drug-likeness (QED) is 0.768. The molecule has 0 aliphatic rings. The normalized spacial score (nSPS) is 10.1. The second-order valence-corrected chi connectivity index (χ2v) is 5.23. The maximum Gasteiger partial charge on any atom is 0.307 e. The lowest BCUT2D eigenvalue weighted by atomic mass is 10.2. The molecule has 0 saturated heterocycles. The van der Waals surface area contributed by atoms with Gasteiger partial charge in [0.25, 0.3) is 5.91 Å². The third-order valence-electron chi connectivity index (χ3n) is 2.46. The van der Waals surface area contributed by atoms with E-state index in [4.69, 9.17) is 16.3 Å². The topological polar surface area (TPSA) is 46.6 Å². The van der Waals surface area contributed by atoms with Crippen molar-refractivity contribution in [1.82, 2.24) is 4.90 Å². The number of carbonyl (C=O) groups is 2. The number of benzene rings is 1. The van der Waals surface area contributed by atoms with E-state index in [-0.39, 0.29) is 18.3 Å². The largest absolute Gasteiger partial charge is 0.466 e. The van der Waals surface area contributed by atoms with Gasteiger partial charge in [0.15, 0.2) is 0 Å². The number of rotatable bonds is 5. The first-order valence-corrected chi connectivity index (χ1v) is 6.99. The van der Waals surface area contributed by atoms with Crippen molar-refractivity contribution in [1.29, 1.82) is 0 Å². The van der Waals surface area contributed by atoms with Crippen molar-refractivity contribution in [2.24, 2.45) is 0 Å². The van der Waals surface area contributed by atoms with Gasteiger partial charge in [-0.1, -0.05) is 27.5 Å². The summed E-state index contributed by atoms with van der Waals surface area (Å²) in [7, 11) is 1.62. The maximum absolute atomic E-state index is 12.1. The molecule has 0 bridgehead atoms. The highest BCUT2D eigenvalue weighted by Gasteiger charge is 2.16. The van der Waals surface area contributed by atoms with Crippen molar-refractivity contribution in [2.75, 3.05) is 20.2 Å². The number of esters is 1. The smallest absolute Gasteiger partial charge is 0.307 e. The molecule has 0 aliphatic heterocycles. The zero-order valence-corrected chi connectivity index (χ0v) is 13.1. The Bertz CT molecular complexity index is 479. The number of carbonyl (C=O) groups excluding carboxylic acids is 2. The molecule has 0 aliphatic carbocycles. The number of nitrogens with zero attached hydrogens (tertiary/aromatic N) is 1. The van der Waals surface area contributed by atoms with Crippen molar-refractivity contribution in [3.63, 3.8) is 0 Å². The average Bonchev–Trinajstić information content (AvgIpc) is 2.35. The summed E-state index contributed by atoms with van der Waals surface area (Å²) in [6, 6.07) is 5.06. The Labute approximate surface area is 125 Å². The van der Waals surface area contributed by atoms with Crippen molar-refractivity contribution in [3.8, 4) is 0 Å². The third-order valence-corrected chi connectivity index (χ3v) is 3.27. The van der Waals surface area contributed by atoms with E-state index in [2.05, 4.69) is 15.9 Å². The van der Waals surface area contributed by atoms with Crippen molar-refractivity contribution in [2.45, 2.75) is 13.3 Å². The van der Waals surface area contributed by atoms with E-state index in [1.54, 1.807) is 32.2 Å². The van der Waals surface area contributed by atoms with Crippen LogP contribution in [0.2, 0.25) is 5.02 Å². The second-order valence-electron chi connectivity index (χ2n) is 3.91. The van der Waals surface area contributed by atoms with Gasteiger partial charge in [0.2, 0.25) is 0 Å². The molecule has 1 rings (SSSR count). The van der Waals surface area contributed by atoms with Crippen LogP contribution in [0.4, 0.5) is 0 Å². The van der Waals surface area contributed by atoms with Crippen LogP contribution in [0.15, 0.2) is 22.7 Å². The summed E-state index contributed by atoms with van der Waals surface area (Å²) in [6.07, 6.45) is 0.171. The van der Waals surface area contributed by atoms with Gasteiger partial charge >= 0.3 is 5.97 Å². The lowest BCUT2D eigenvalue weighted by Crippen LogP contribution is -2.29. The van der Waals surface area contributed by atoms with Gasteiger partial charge in [-0.2, -0.15) is 0 Å². The molecule has 104 valence electrons. The third kappa shape index (κ3) is 4.84. The minimum Gasteiger partial charge on any atom is -0.466 e. The molecule has 0 aromatic heterocycles. The first-order chi connectivity index (χ1) is 8.95. The molecule has 6 heteroatoms. The Morgan fingerprint density at radius 3 is 2.68 bits per heavy atom.